The molecule has 0 aromatic carbocycles. The Bertz CT molecular complexity index is 617. The molecule has 1 fully saturated rings. The molecule has 2 rings (SSSR count). The quantitative estimate of drug-likeness (QED) is 0.582. The van der Waals surface area contributed by atoms with Crippen molar-refractivity contribution in [1.29, 1.82) is 0 Å². The van der Waals surface area contributed by atoms with Crippen LogP contribution in [0.25, 0.3) is 0 Å². The van der Waals surface area contributed by atoms with Gasteiger partial charge in [-0.05, 0) is 20.1 Å². The molecule has 7 nitrogen and oxygen atoms in total. The van der Waals surface area contributed by atoms with E-state index in [-0.39, 0.29) is 18.1 Å². The predicted molar refractivity (Wildman–Crippen MR) is 87.1 cm³/mol. The third kappa shape index (κ3) is 3.96. The molecular formula is C13H20N2O5S2. The van der Waals surface area contributed by atoms with E-state index in [1.54, 1.807) is 28.5 Å². The van der Waals surface area contributed by atoms with Gasteiger partial charge in [0.2, 0.25) is 0 Å². The Kier molecular flexibility index (Phi) is 6.16. The Morgan fingerprint density at radius 3 is 2.95 bits per heavy atom. The number of ether oxygens (including phenoxy) is 2. The number of hydrogen-bond acceptors (Lipinski definition) is 7. The van der Waals surface area contributed by atoms with E-state index < -0.39 is 23.6 Å². The van der Waals surface area contributed by atoms with Crippen LogP contribution in [0.4, 0.5) is 0 Å². The van der Waals surface area contributed by atoms with Crippen molar-refractivity contribution in [3.05, 3.63) is 32.6 Å². The summed E-state index contributed by atoms with van der Waals surface area (Å²) < 4.78 is 12.9. The fourth-order valence-corrected chi connectivity index (χ4v) is 3.79. The van der Waals surface area contributed by atoms with Crippen molar-refractivity contribution in [2.75, 3.05) is 12.9 Å². The van der Waals surface area contributed by atoms with E-state index in [1.165, 1.54) is 10.8 Å². The number of hydrogen-bond donors (Lipinski definition) is 2. The average molecular weight is 348 g/mol. The van der Waals surface area contributed by atoms with Crippen LogP contribution in [-0.2, 0) is 9.47 Å². The number of aliphatic hydroxyl groups excluding tert-OH is 1. The van der Waals surface area contributed by atoms with Crippen LogP contribution in [0.3, 0.4) is 0 Å². The molecular weight excluding hydrogens is 328 g/mol. The highest BCUT2D eigenvalue weighted by Gasteiger charge is 2.38. The molecule has 0 unspecified atom stereocenters. The lowest BCUT2D eigenvalue weighted by Gasteiger charge is -2.20. The molecule has 1 saturated heterocycles. The van der Waals surface area contributed by atoms with Gasteiger partial charge in [0.25, 0.3) is 5.56 Å². The Labute approximate surface area is 135 Å². The minimum atomic E-state index is -0.559. The second-order valence-electron chi connectivity index (χ2n) is 5.03. The summed E-state index contributed by atoms with van der Waals surface area (Å²) in [5.41, 5.74) is -0.551. The van der Waals surface area contributed by atoms with E-state index >= 15 is 0 Å². The molecule has 124 valence electrons. The molecule has 0 amide bonds. The minimum absolute atomic E-state index is 0.0505. The maximum Gasteiger partial charge on any atom is 0.330 e. The van der Waals surface area contributed by atoms with Crippen LogP contribution in [0.15, 0.2) is 15.8 Å². The van der Waals surface area contributed by atoms with Crippen molar-refractivity contribution in [3.8, 4) is 0 Å². The summed E-state index contributed by atoms with van der Waals surface area (Å²) in [6, 6.07) is 0. The second-order valence-corrected chi connectivity index (χ2v) is 7.80. The number of aliphatic hydroxyl groups is 1. The lowest BCUT2D eigenvalue weighted by atomic mass is 10.2. The smallest absolute Gasteiger partial charge is 0.330 e. The van der Waals surface area contributed by atoms with Gasteiger partial charge < -0.3 is 14.6 Å². The van der Waals surface area contributed by atoms with Crippen molar-refractivity contribution in [2.45, 2.75) is 44.1 Å². The number of H-pyrrole nitrogens is 1. The molecule has 1 aliphatic heterocycles. The Morgan fingerprint density at radius 2 is 2.32 bits per heavy atom. The molecule has 2 heterocycles. The van der Waals surface area contributed by atoms with Crippen molar-refractivity contribution in [2.24, 2.45) is 0 Å². The SMILES string of the molecule is CSS[C@@H](C)O[C@@H]1C[C@H](n2cc(C)c(=O)[nH]c2=O)O[C@@H]1CO. The maximum atomic E-state index is 11.9. The summed E-state index contributed by atoms with van der Waals surface area (Å²) in [5.74, 6) is 0. The van der Waals surface area contributed by atoms with E-state index in [1.807, 2.05) is 13.2 Å². The normalized spacial score (nSPS) is 26.3. The number of aryl methyl sites for hydroxylation is 1. The number of nitrogens with one attached hydrogen (secondary N) is 1. The standard InChI is InChI=1S/C13H20N2O5S2/c1-7-5-15(13(18)14-12(7)17)11-4-9(10(6-16)20-11)19-8(2)22-21-3/h5,8-11,16H,4,6H2,1-3H3,(H,14,17,18)/t8-,9+,10+,11+/m0/s1. The van der Waals surface area contributed by atoms with Gasteiger partial charge in [-0.15, -0.1) is 0 Å². The summed E-state index contributed by atoms with van der Waals surface area (Å²) >= 11 is 0. The van der Waals surface area contributed by atoms with E-state index in [0.717, 1.165) is 0 Å². The third-order valence-corrected chi connectivity index (χ3v) is 5.38. The second kappa shape index (κ2) is 7.69. The molecule has 0 aliphatic carbocycles. The topological polar surface area (TPSA) is 93.6 Å². The minimum Gasteiger partial charge on any atom is -0.394 e. The van der Waals surface area contributed by atoms with E-state index in [0.29, 0.717) is 12.0 Å². The van der Waals surface area contributed by atoms with E-state index in [9.17, 15) is 14.7 Å². The fourth-order valence-electron chi connectivity index (χ4n) is 2.38. The van der Waals surface area contributed by atoms with Gasteiger partial charge in [0, 0.05) is 18.2 Å². The molecule has 0 bridgehead atoms. The van der Waals surface area contributed by atoms with Crippen molar-refractivity contribution >= 4 is 21.6 Å². The first-order valence-electron chi connectivity index (χ1n) is 6.89. The zero-order valence-corrected chi connectivity index (χ0v) is 14.3. The van der Waals surface area contributed by atoms with Crippen molar-refractivity contribution in [3.63, 3.8) is 0 Å². The van der Waals surface area contributed by atoms with Gasteiger partial charge in [-0.25, -0.2) is 4.79 Å². The molecule has 1 aromatic rings. The molecule has 1 aromatic heterocycles. The van der Waals surface area contributed by atoms with Crippen LogP contribution in [0.1, 0.15) is 25.1 Å². The number of aromatic nitrogens is 2. The molecule has 0 spiro atoms. The largest absolute Gasteiger partial charge is 0.394 e. The highest BCUT2D eigenvalue weighted by atomic mass is 33.1. The molecule has 2 N–H and O–H groups in total. The highest BCUT2D eigenvalue weighted by molar-refractivity contribution is 8.76. The van der Waals surface area contributed by atoms with Crippen LogP contribution in [0, 0.1) is 6.92 Å². The van der Waals surface area contributed by atoms with E-state index in [2.05, 4.69) is 4.98 Å². The van der Waals surface area contributed by atoms with Gasteiger partial charge in [-0.3, -0.25) is 14.3 Å². The van der Waals surface area contributed by atoms with Gasteiger partial charge in [0.15, 0.2) is 0 Å². The van der Waals surface area contributed by atoms with Gasteiger partial charge in [0.05, 0.1) is 12.7 Å². The number of aromatic amines is 1. The summed E-state index contributed by atoms with van der Waals surface area (Å²) in [7, 11) is 3.17. The molecule has 4 atom stereocenters. The van der Waals surface area contributed by atoms with Gasteiger partial charge in [-0.2, -0.15) is 0 Å². The number of rotatable bonds is 6. The average Bonchev–Trinajstić information content (AvgIpc) is 2.85. The van der Waals surface area contributed by atoms with Gasteiger partial charge >= 0.3 is 5.69 Å². The van der Waals surface area contributed by atoms with Crippen LogP contribution in [0.5, 0.6) is 0 Å². The molecule has 22 heavy (non-hydrogen) atoms. The first-order valence-corrected chi connectivity index (χ1v) is 9.51. The molecule has 0 saturated carbocycles. The number of nitrogens with zero attached hydrogens (tertiary/aromatic N) is 1. The van der Waals surface area contributed by atoms with Gasteiger partial charge in [-0.1, -0.05) is 21.6 Å². The maximum absolute atomic E-state index is 11.9. The lowest BCUT2D eigenvalue weighted by molar-refractivity contribution is -0.0645. The molecule has 1 aliphatic rings. The zero-order valence-electron chi connectivity index (χ0n) is 12.6. The summed E-state index contributed by atoms with van der Waals surface area (Å²) in [6.07, 6.45) is 2.53. The van der Waals surface area contributed by atoms with Crippen LogP contribution >= 0.6 is 21.6 Å². The third-order valence-electron chi connectivity index (χ3n) is 3.41. The Hall–Kier alpha value is -0.740. The van der Waals surface area contributed by atoms with Crippen LogP contribution in [-0.4, -0.2) is 45.2 Å². The molecule has 9 heteroatoms. The molecule has 0 radical (unpaired) electrons. The van der Waals surface area contributed by atoms with Crippen LogP contribution in [0.2, 0.25) is 0 Å². The van der Waals surface area contributed by atoms with Crippen molar-refractivity contribution < 1.29 is 14.6 Å². The first kappa shape index (κ1) is 17.6. The first-order chi connectivity index (χ1) is 10.5. The predicted octanol–water partition coefficient (Wildman–Crippen LogP) is 0.867. The summed E-state index contributed by atoms with van der Waals surface area (Å²) in [6.45, 7) is 3.37. The Balaban J connectivity index is 2.16. The fraction of sp³-hybridized carbons (Fsp3) is 0.692. The summed E-state index contributed by atoms with van der Waals surface area (Å²) in [5, 5.41) is 9.45. The van der Waals surface area contributed by atoms with Gasteiger partial charge in [0.1, 0.15) is 17.8 Å². The zero-order chi connectivity index (χ0) is 16.3. The highest BCUT2D eigenvalue weighted by Crippen LogP contribution is 2.33. The van der Waals surface area contributed by atoms with Crippen LogP contribution < -0.4 is 11.2 Å². The summed E-state index contributed by atoms with van der Waals surface area (Å²) in [4.78, 5) is 25.6. The monoisotopic (exact) mass is 348 g/mol. The lowest BCUT2D eigenvalue weighted by Crippen LogP contribution is -2.33. The van der Waals surface area contributed by atoms with Crippen molar-refractivity contribution in [1.82, 2.24) is 9.55 Å². The van der Waals surface area contributed by atoms with E-state index in [4.69, 9.17) is 9.47 Å². The Morgan fingerprint density at radius 1 is 1.59 bits per heavy atom.